The highest BCUT2D eigenvalue weighted by Crippen LogP contribution is 1.62. The third-order valence-electron chi connectivity index (χ3n) is 0.417. The van der Waals surface area contributed by atoms with Crippen LogP contribution in [0.5, 0.6) is 0 Å². The van der Waals surface area contributed by atoms with Gasteiger partial charge in [0, 0.05) is 0 Å². The van der Waals surface area contributed by atoms with E-state index in [1.807, 2.05) is 0 Å². The van der Waals surface area contributed by atoms with Crippen LogP contribution in [0, 0.1) is 0 Å². The zero-order chi connectivity index (χ0) is 6.24. The van der Waals surface area contributed by atoms with Crippen LogP contribution in [0.3, 0.4) is 0 Å². The van der Waals surface area contributed by atoms with Crippen LogP contribution in [0.2, 0.25) is 0 Å². The number of hydrogen-bond acceptors (Lipinski definition) is 4. The molecule has 0 unspecified atom stereocenters. The van der Waals surface area contributed by atoms with Crippen molar-refractivity contribution in [3.8, 4) is 0 Å². The maximum atomic E-state index is 7.78. The number of oxime groups is 2. The molecule has 0 saturated carbocycles. The minimum absolute atomic E-state index is 1.15. The molecule has 0 aromatic carbocycles. The Labute approximate surface area is 46.4 Å². The molecule has 0 aliphatic heterocycles. The molecule has 4 nitrogen and oxygen atoms in total. The quantitative estimate of drug-likeness (QED) is 0.311. The largest absolute Gasteiger partial charge is 0.411 e. The average molecular weight is 114 g/mol. The molecule has 44 valence electrons. The predicted molar refractivity (Wildman–Crippen MR) is 29.7 cm³/mol. The van der Waals surface area contributed by atoms with Crippen molar-refractivity contribution in [1.82, 2.24) is 0 Å². The summed E-state index contributed by atoms with van der Waals surface area (Å²) in [5.41, 5.74) is 0. The standard InChI is InChI=1S/C4H6N2O2/c7-5-3-1-2-4-6-8/h1-4,7-8H. The molecule has 0 aliphatic rings. The Morgan fingerprint density at radius 2 is 1.25 bits per heavy atom. The zero-order valence-electron chi connectivity index (χ0n) is 4.10. The third-order valence-corrected chi connectivity index (χ3v) is 0.417. The number of nitrogens with zero attached hydrogens (tertiary/aromatic N) is 2. The van der Waals surface area contributed by atoms with E-state index < -0.39 is 0 Å². The average Bonchev–Trinajstić information content (AvgIpc) is 1.81. The predicted octanol–water partition coefficient (Wildman–Crippen LogP) is 0.463. The maximum Gasteiger partial charge on any atom is 0.0662 e. The summed E-state index contributed by atoms with van der Waals surface area (Å²) in [4.78, 5) is 0. The van der Waals surface area contributed by atoms with E-state index in [0.717, 1.165) is 12.4 Å². The molecule has 0 aromatic rings. The number of rotatable bonds is 2. The van der Waals surface area contributed by atoms with E-state index in [4.69, 9.17) is 10.4 Å². The molecule has 0 fully saturated rings. The Morgan fingerprint density at radius 1 is 0.875 bits per heavy atom. The lowest BCUT2D eigenvalue weighted by Crippen LogP contribution is -1.65. The van der Waals surface area contributed by atoms with Gasteiger partial charge in [0.2, 0.25) is 0 Å². The van der Waals surface area contributed by atoms with Crippen molar-refractivity contribution in [3.63, 3.8) is 0 Å². The van der Waals surface area contributed by atoms with E-state index in [-0.39, 0.29) is 0 Å². The normalized spacial score (nSPS) is 12.5. The van der Waals surface area contributed by atoms with E-state index in [2.05, 4.69) is 10.3 Å². The second-order valence-corrected chi connectivity index (χ2v) is 0.914. The number of allylic oxidation sites excluding steroid dienone is 2. The van der Waals surface area contributed by atoms with Crippen molar-refractivity contribution in [1.29, 1.82) is 0 Å². The fourth-order valence-electron chi connectivity index (χ4n) is 0.176. The first-order valence-electron chi connectivity index (χ1n) is 1.92. The second kappa shape index (κ2) is 5.68. The summed E-state index contributed by atoms with van der Waals surface area (Å²) in [5.74, 6) is 0. The molecule has 2 N–H and O–H groups in total. The molecule has 8 heavy (non-hydrogen) atoms. The molecular formula is C4H6N2O2. The fourth-order valence-corrected chi connectivity index (χ4v) is 0.176. The van der Waals surface area contributed by atoms with Gasteiger partial charge < -0.3 is 10.4 Å². The van der Waals surface area contributed by atoms with Crippen LogP contribution >= 0.6 is 0 Å². The fraction of sp³-hybridized carbons (Fsp3) is 0. The van der Waals surface area contributed by atoms with E-state index in [1.54, 1.807) is 0 Å². The van der Waals surface area contributed by atoms with Gasteiger partial charge in [-0.3, -0.25) is 0 Å². The van der Waals surface area contributed by atoms with E-state index in [1.165, 1.54) is 12.2 Å². The van der Waals surface area contributed by atoms with Crippen molar-refractivity contribution < 1.29 is 10.4 Å². The number of hydrogen-bond donors (Lipinski definition) is 2. The summed E-state index contributed by atoms with van der Waals surface area (Å²) in [6.07, 6.45) is 5.14. The van der Waals surface area contributed by atoms with Gasteiger partial charge in [-0.15, -0.1) is 0 Å². The summed E-state index contributed by atoms with van der Waals surface area (Å²) in [5, 5.41) is 20.9. The molecule has 0 spiro atoms. The molecule has 0 heterocycles. The minimum atomic E-state index is 1.15. The summed E-state index contributed by atoms with van der Waals surface area (Å²) < 4.78 is 0. The van der Waals surface area contributed by atoms with Gasteiger partial charge in [-0.1, -0.05) is 10.3 Å². The molecule has 4 heteroatoms. The van der Waals surface area contributed by atoms with Gasteiger partial charge in [-0.2, -0.15) is 0 Å². The minimum Gasteiger partial charge on any atom is -0.411 e. The molecule has 0 bridgehead atoms. The molecule has 0 aliphatic carbocycles. The first-order chi connectivity index (χ1) is 3.91. The van der Waals surface area contributed by atoms with Crippen LogP contribution in [0.4, 0.5) is 0 Å². The lowest BCUT2D eigenvalue weighted by molar-refractivity contribution is 0.321. The molecule has 0 amide bonds. The monoisotopic (exact) mass is 114 g/mol. The summed E-state index contributed by atoms with van der Waals surface area (Å²) >= 11 is 0. The van der Waals surface area contributed by atoms with Gasteiger partial charge >= 0.3 is 0 Å². The van der Waals surface area contributed by atoms with Crippen molar-refractivity contribution in [2.45, 2.75) is 0 Å². The van der Waals surface area contributed by atoms with Gasteiger partial charge in [0.25, 0.3) is 0 Å². The Kier molecular flexibility index (Phi) is 4.74. The zero-order valence-corrected chi connectivity index (χ0v) is 4.10. The Bertz CT molecular complexity index is 103. The lowest BCUT2D eigenvalue weighted by Gasteiger charge is -1.67. The second-order valence-electron chi connectivity index (χ2n) is 0.914. The van der Waals surface area contributed by atoms with Crippen molar-refractivity contribution in [3.05, 3.63) is 12.2 Å². The molecule has 0 rings (SSSR count). The Morgan fingerprint density at radius 3 is 1.50 bits per heavy atom. The van der Waals surface area contributed by atoms with Crippen LogP contribution < -0.4 is 0 Å². The van der Waals surface area contributed by atoms with Gasteiger partial charge in [0.05, 0.1) is 12.4 Å². The molecular weight excluding hydrogens is 108 g/mol. The van der Waals surface area contributed by atoms with Gasteiger partial charge in [0.1, 0.15) is 0 Å². The Balaban J connectivity index is 3.35. The lowest BCUT2D eigenvalue weighted by atomic mass is 10.5. The highest BCUT2D eigenvalue weighted by atomic mass is 16.4. The van der Waals surface area contributed by atoms with Crippen LogP contribution in [-0.2, 0) is 0 Å². The third kappa shape index (κ3) is 4.68. The van der Waals surface area contributed by atoms with Crippen molar-refractivity contribution >= 4 is 12.4 Å². The van der Waals surface area contributed by atoms with E-state index >= 15 is 0 Å². The highest BCUT2D eigenvalue weighted by Gasteiger charge is 1.59. The first kappa shape index (κ1) is 6.68. The van der Waals surface area contributed by atoms with Crippen molar-refractivity contribution in [2.24, 2.45) is 10.3 Å². The van der Waals surface area contributed by atoms with Gasteiger partial charge in [-0.05, 0) is 12.2 Å². The molecule has 0 radical (unpaired) electrons. The summed E-state index contributed by atoms with van der Waals surface area (Å²) in [6, 6.07) is 0. The van der Waals surface area contributed by atoms with Crippen LogP contribution in [0.25, 0.3) is 0 Å². The topological polar surface area (TPSA) is 65.2 Å². The summed E-state index contributed by atoms with van der Waals surface area (Å²) in [6.45, 7) is 0. The van der Waals surface area contributed by atoms with E-state index in [0.29, 0.717) is 0 Å². The first-order valence-corrected chi connectivity index (χ1v) is 1.92. The molecule has 0 saturated heterocycles. The smallest absolute Gasteiger partial charge is 0.0662 e. The van der Waals surface area contributed by atoms with Crippen LogP contribution in [0.15, 0.2) is 22.5 Å². The maximum absolute atomic E-state index is 7.78. The van der Waals surface area contributed by atoms with E-state index in [9.17, 15) is 0 Å². The Hall–Kier alpha value is -1.32. The van der Waals surface area contributed by atoms with Gasteiger partial charge in [-0.25, -0.2) is 0 Å². The van der Waals surface area contributed by atoms with Crippen LogP contribution in [-0.4, -0.2) is 22.8 Å². The SMILES string of the molecule is ON=CC=CC=NO. The molecule has 0 atom stereocenters. The molecule has 0 aromatic heterocycles. The highest BCUT2D eigenvalue weighted by molar-refractivity contribution is 5.80. The summed E-state index contributed by atoms with van der Waals surface area (Å²) in [7, 11) is 0. The van der Waals surface area contributed by atoms with Gasteiger partial charge in [0.15, 0.2) is 0 Å². The van der Waals surface area contributed by atoms with Crippen molar-refractivity contribution in [2.75, 3.05) is 0 Å². The van der Waals surface area contributed by atoms with Crippen LogP contribution in [0.1, 0.15) is 0 Å².